The van der Waals surface area contributed by atoms with Crippen molar-refractivity contribution in [1.82, 2.24) is 0 Å². The fraction of sp³-hybridized carbons (Fsp3) is 0.176. The summed E-state index contributed by atoms with van der Waals surface area (Å²) in [6.07, 6.45) is 0.662. The van der Waals surface area contributed by atoms with Crippen LogP contribution in [0.4, 0.5) is 15.8 Å². The Balaban J connectivity index is 1.64. The molecule has 1 aliphatic heterocycles. The largest absolute Gasteiger partial charge is 0.479 e. The van der Waals surface area contributed by atoms with E-state index in [2.05, 4.69) is 10.6 Å². The van der Waals surface area contributed by atoms with Crippen LogP contribution in [0.1, 0.15) is 12.0 Å². The van der Waals surface area contributed by atoms with E-state index in [0.717, 1.165) is 5.56 Å². The fourth-order valence-electron chi connectivity index (χ4n) is 2.38. The number of ether oxygens (including phenoxy) is 1. The topological polar surface area (TPSA) is 67.4 Å². The zero-order valence-corrected chi connectivity index (χ0v) is 12.3. The van der Waals surface area contributed by atoms with Gasteiger partial charge >= 0.3 is 0 Å². The summed E-state index contributed by atoms with van der Waals surface area (Å²) < 4.78 is 18.5. The maximum absolute atomic E-state index is 13.1. The van der Waals surface area contributed by atoms with Gasteiger partial charge in [0, 0.05) is 6.42 Å². The van der Waals surface area contributed by atoms with E-state index < -0.39 is 0 Å². The first-order valence-corrected chi connectivity index (χ1v) is 7.22. The van der Waals surface area contributed by atoms with Crippen molar-refractivity contribution in [3.8, 4) is 5.75 Å². The molecule has 5 nitrogen and oxygen atoms in total. The monoisotopic (exact) mass is 314 g/mol. The van der Waals surface area contributed by atoms with Crippen molar-refractivity contribution >= 4 is 23.2 Å². The molecular weight excluding hydrogens is 299 g/mol. The van der Waals surface area contributed by atoms with Gasteiger partial charge in [-0.15, -0.1) is 0 Å². The number of carbonyl (C=O) groups is 2. The number of carbonyl (C=O) groups excluding carboxylic acids is 2. The molecular formula is C17H15FN2O3. The maximum Gasteiger partial charge on any atom is 0.262 e. The Morgan fingerprint density at radius 1 is 1.26 bits per heavy atom. The van der Waals surface area contributed by atoms with E-state index in [0.29, 0.717) is 23.5 Å². The summed E-state index contributed by atoms with van der Waals surface area (Å²) >= 11 is 0. The third kappa shape index (κ3) is 3.66. The van der Waals surface area contributed by atoms with Crippen LogP contribution < -0.4 is 15.4 Å². The minimum absolute atomic E-state index is 0.0802. The lowest BCUT2D eigenvalue weighted by Gasteiger charge is -2.20. The van der Waals surface area contributed by atoms with Gasteiger partial charge in [0.15, 0.2) is 12.4 Å². The third-order valence-corrected chi connectivity index (χ3v) is 3.44. The Bertz CT molecular complexity index is 761. The molecule has 0 saturated carbocycles. The van der Waals surface area contributed by atoms with E-state index >= 15 is 0 Å². The molecule has 118 valence electrons. The molecule has 0 fully saturated rings. The second kappa shape index (κ2) is 6.48. The molecule has 1 heterocycles. The number of para-hydroxylation sites is 1. The molecule has 0 spiro atoms. The van der Waals surface area contributed by atoms with Crippen molar-refractivity contribution in [1.29, 1.82) is 0 Å². The number of anilines is 2. The van der Waals surface area contributed by atoms with Gasteiger partial charge in [0.2, 0.25) is 5.91 Å². The van der Waals surface area contributed by atoms with Crippen LogP contribution in [0.5, 0.6) is 5.75 Å². The molecule has 1 aliphatic rings. The summed E-state index contributed by atoms with van der Waals surface area (Å²) in [4.78, 5) is 23.4. The zero-order chi connectivity index (χ0) is 16.2. The molecule has 0 aromatic heterocycles. The average molecular weight is 314 g/mol. The quantitative estimate of drug-likeness (QED) is 0.912. The Hall–Kier alpha value is -2.89. The lowest BCUT2D eigenvalue weighted by molar-refractivity contribution is -0.118. The third-order valence-electron chi connectivity index (χ3n) is 3.44. The number of amides is 2. The van der Waals surface area contributed by atoms with Crippen LogP contribution in [0.25, 0.3) is 0 Å². The first-order valence-electron chi connectivity index (χ1n) is 7.22. The van der Waals surface area contributed by atoms with Crippen LogP contribution in [0.2, 0.25) is 0 Å². The van der Waals surface area contributed by atoms with Gasteiger partial charge in [0.05, 0.1) is 11.4 Å². The molecule has 6 heteroatoms. The van der Waals surface area contributed by atoms with Crippen molar-refractivity contribution < 1.29 is 18.7 Å². The van der Waals surface area contributed by atoms with Crippen LogP contribution in [0, 0.1) is 5.82 Å². The molecule has 2 aromatic carbocycles. The lowest BCUT2D eigenvalue weighted by Crippen LogP contribution is -2.26. The predicted octanol–water partition coefficient (Wildman–Crippen LogP) is 2.73. The summed E-state index contributed by atoms with van der Waals surface area (Å²) in [6.45, 7) is -0.0802. The van der Waals surface area contributed by atoms with Gasteiger partial charge in [-0.1, -0.05) is 18.2 Å². The van der Waals surface area contributed by atoms with Crippen molar-refractivity contribution in [2.45, 2.75) is 12.8 Å². The number of rotatable bonds is 4. The van der Waals surface area contributed by atoms with Crippen LogP contribution in [0.15, 0.2) is 42.5 Å². The van der Waals surface area contributed by atoms with E-state index in [1.807, 2.05) is 0 Å². The summed E-state index contributed by atoms with van der Waals surface area (Å²) in [5, 5.41) is 5.44. The molecule has 23 heavy (non-hydrogen) atoms. The van der Waals surface area contributed by atoms with Crippen molar-refractivity contribution in [3.63, 3.8) is 0 Å². The first kappa shape index (κ1) is 15.0. The number of fused-ring (bicyclic) bond motifs is 1. The van der Waals surface area contributed by atoms with Gasteiger partial charge in [0.1, 0.15) is 5.82 Å². The molecule has 0 radical (unpaired) electrons. The lowest BCUT2D eigenvalue weighted by atomic mass is 10.1. The SMILES string of the molecule is O=C(CCc1cccc(F)c1)Nc1cccc2c1OCC(=O)N2. The standard InChI is InChI=1S/C17H15FN2O3/c18-12-4-1-3-11(9-12)7-8-15(21)19-13-5-2-6-14-17(13)23-10-16(22)20-14/h1-6,9H,7-8,10H2,(H,19,21)(H,20,22). The van der Waals surface area contributed by atoms with Crippen molar-refractivity contribution in [3.05, 3.63) is 53.8 Å². The molecule has 0 bridgehead atoms. The van der Waals surface area contributed by atoms with E-state index in [1.54, 1.807) is 30.3 Å². The number of aryl methyl sites for hydroxylation is 1. The molecule has 2 N–H and O–H groups in total. The smallest absolute Gasteiger partial charge is 0.262 e. The average Bonchev–Trinajstić information content (AvgIpc) is 2.53. The second-order valence-corrected chi connectivity index (χ2v) is 5.20. The second-order valence-electron chi connectivity index (χ2n) is 5.20. The van der Waals surface area contributed by atoms with Crippen molar-refractivity contribution in [2.24, 2.45) is 0 Å². The van der Waals surface area contributed by atoms with Gasteiger partial charge in [-0.25, -0.2) is 4.39 Å². The normalized spacial score (nSPS) is 12.8. The molecule has 0 saturated heterocycles. The van der Waals surface area contributed by atoms with Crippen molar-refractivity contribution in [2.75, 3.05) is 17.2 Å². The number of hydrogen-bond acceptors (Lipinski definition) is 3. The van der Waals surface area contributed by atoms with E-state index in [9.17, 15) is 14.0 Å². The maximum atomic E-state index is 13.1. The molecule has 0 aliphatic carbocycles. The van der Waals surface area contributed by atoms with Gasteiger partial charge in [0.25, 0.3) is 5.91 Å². The van der Waals surface area contributed by atoms with Gasteiger partial charge in [-0.2, -0.15) is 0 Å². The molecule has 2 aromatic rings. The Morgan fingerprint density at radius 2 is 2.09 bits per heavy atom. The van der Waals surface area contributed by atoms with Crippen LogP contribution in [0.3, 0.4) is 0 Å². The van der Waals surface area contributed by atoms with Gasteiger partial charge < -0.3 is 15.4 Å². The number of halogens is 1. The summed E-state index contributed by atoms with van der Waals surface area (Å²) in [5.41, 5.74) is 1.80. The summed E-state index contributed by atoms with van der Waals surface area (Å²) in [5.74, 6) is -0.300. The summed E-state index contributed by atoms with van der Waals surface area (Å²) in [7, 11) is 0. The van der Waals surface area contributed by atoms with Crippen LogP contribution >= 0.6 is 0 Å². The number of benzene rings is 2. The highest BCUT2D eigenvalue weighted by atomic mass is 19.1. The summed E-state index contributed by atoms with van der Waals surface area (Å²) in [6, 6.07) is 11.3. The Kier molecular flexibility index (Phi) is 4.23. The van der Waals surface area contributed by atoms with E-state index in [4.69, 9.17) is 4.74 Å². The van der Waals surface area contributed by atoms with Crippen LogP contribution in [-0.2, 0) is 16.0 Å². The van der Waals surface area contributed by atoms with Gasteiger partial charge in [-0.05, 0) is 36.2 Å². The Morgan fingerprint density at radius 3 is 2.91 bits per heavy atom. The predicted molar refractivity (Wildman–Crippen MR) is 83.9 cm³/mol. The molecule has 0 unspecified atom stereocenters. The minimum Gasteiger partial charge on any atom is -0.479 e. The first-order chi connectivity index (χ1) is 11.1. The highest BCUT2D eigenvalue weighted by Gasteiger charge is 2.19. The van der Waals surface area contributed by atoms with Crippen LogP contribution in [-0.4, -0.2) is 18.4 Å². The van der Waals surface area contributed by atoms with Gasteiger partial charge in [-0.3, -0.25) is 9.59 Å². The number of hydrogen-bond donors (Lipinski definition) is 2. The minimum atomic E-state index is -0.316. The zero-order valence-electron chi connectivity index (χ0n) is 12.3. The Labute approximate surface area is 132 Å². The van der Waals surface area contributed by atoms with E-state index in [1.165, 1.54) is 12.1 Å². The molecule has 0 atom stereocenters. The highest BCUT2D eigenvalue weighted by Crippen LogP contribution is 2.35. The molecule has 3 rings (SSSR count). The number of nitrogens with one attached hydrogen (secondary N) is 2. The molecule has 2 amide bonds. The highest BCUT2D eigenvalue weighted by molar-refractivity contribution is 5.99. The van der Waals surface area contributed by atoms with E-state index in [-0.39, 0.29) is 30.7 Å². The fourth-order valence-corrected chi connectivity index (χ4v) is 2.38.